The van der Waals surface area contributed by atoms with Crippen LogP contribution in [-0.4, -0.2) is 13.4 Å². The minimum atomic E-state index is -4.34. The molecule has 0 saturated heterocycles. The average Bonchev–Trinajstić information content (AvgIpc) is 2.34. The van der Waals surface area contributed by atoms with Crippen molar-refractivity contribution >= 4 is 21.4 Å². The fraction of sp³-hybridized carbons (Fsp3) is 0. The Labute approximate surface area is 112 Å². The predicted octanol–water partition coefficient (Wildman–Crippen LogP) is 1.88. The molecule has 0 aliphatic heterocycles. The number of rotatable bonds is 3. The summed E-state index contributed by atoms with van der Waals surface area (Å²) in [5.41, 5.74) is 4.32. The zero-order valence-corrected chi connectivity index (χ0v) is 10.6. The molecule has 0 fully saturated rings. The first-order valence-corrected chi connectivity index (χ1v) is 6.66. The van der Waals surface area contributed by atoms with Crippen molar-refractivity contribution in [3.63, 3.8) is 0 Å². The van der Waals surface area contributed by atoms with Crippen LogP contribution in [0.4, 0.5) is 24.5 Å². The van der Waals surface area contributed by atoms with Crippen LogP contribution in [0.25, 0.3) is 0 Å². The lowest BCUT2D eigenvalue weighted by Gasteiger charge is -2.11. The van der Waals surface area contributed by atoms with E-state index in [2.05, 4.69) is 4.98 Å². The summed E-state index contributed by atoms with van der Waals surface area (Å²) in [4.78, 5) is 3.12. The Morgan fingerprint density at radius 2 is 1.75 bits per heavy atom. The second-order valence-electron chi connectivity index (χ2n) is 3.76. The van der Waals surface area contributed by atoms with E-state index >= 15 is 0 Å². The Bertz CT molecular complexity index is 742. The molecule has 1 aromatic heterocycles. The molecule has 0 aliphatic rings. The molecule has 0 spiro atoms. The molecule has 5 nitrogen and oxygen atoms in total. The molecule has 0 saturated carbocycles. The van der Waals surface area contributed by atoms with Gasteiger partial charge in [0.25, 0.3) is 10.0 Å². The molecule has 0 atom stereocenters. The largest absolute Gasteiger partial charge is 0.398 e. The molecule has 0 amide bonds. The van der Waals surface area contributed by atoms with Gasteiger partial charge in [0, 0.05) is 24.5 Å². The number of anilines is 2. The summed E-state index contributed by atoms with van der Waals surface area (Å²) in [5.74, 6) is -3.93. The third-order valence-corrected chi connectivity index (χ3v) is 3.74. The molecule has 20 heavy (non-hydrogen) atoms. The summed E-state index contributed by atoms with van der Waals surface area (Å²) in [7, 11) is -4.34. The molecule has 0 radical (unpaired) electrons. The highest BCUT2D eigenvalue weighted by Crippen LogP contribution is 2.25. The van der Waals surface area contributed by atoms with E-state index in [0.29, 0.717) is 12.1 Å². The van der Waals surface area contributed by atoms with Gasteiger partial charge in [-0.15, -0.1) is 0 Å². The molecular weight excluding hydrogens is 295 g/mol. The molecule has 1 aromatic carbocycles. The van der Waals surface area contributed by atoms with Crippen molar-refractivity contribution in [2.24, 2.45) is 0 Å². The number of benzene rings is 1. The van der Waals surface area contributed by atoms with E-state index in [-0.39, 0.29) is 5.69 Å². The van der Waals surface area contributed by atoms with Gasteiger partial charge in [-0.1, -0.05) is 0 Å². The molecule has 2 aromatic rings. The smallest absolute Gasteiger partial charge is 0.265 e. The highest BCUT2D eigenvalue weighted by Gasteiger charge is 2.22. The number of hydrogen-bond donors (Lipinski definition) is 2. The Balaban J connectivity index is 2.47. The molecule has 9 heteroatoms. The van der Waals surface area contributed by atoms with E-state index < -0.39 is 38.1 Å². The standard InChI is InChI=1S/C11H8F3N3O2S/c12-6-3-7(13)11(8(14)4-6)17-20(18,19)10-5-16-2-1-9(10)15/h1-5,17H,(H2,15,16). The van der Waals surface area contributed by atoms with Gasteiger partial charge in [-0.3, -0.25) is 9.71 Å². The van der Waals surface area contributed by atoms with Crippen molar-refractivity contribution in [1.82, 2.24) is 4.98 Å². The number of hydrogen-bond acceptors (Lipinski definition) is 4. The Morgan fingerprint density at radius 3 is 2.30 bits per heavy atom. The molecule has 0 bridgehead atoms. The number of nitrogens with zero attached hydrogens (tertiary/aromatic N) is 1. The number of aromatic nitrogens is 1. The molecule has 3 N–H and O–H groups in total. The highest BCUT2D eigenvalue weighted by atomic mass is 32.2. The van der Waals surface area contributed by atoms with E-state index in [1.807, 2.05) is 0 Å². The summed E-state index contributed by atoms with van der Waals surface area (Å²) >= 11 is 0. The lowest BCUT2D eigenvalue weighted by atomic mass is 10.3. The van der Waals surface area contributed by atoms with Crippen molar-refractivity contribution in [1.29, 1.82) is 0 Å². The van der Waals surface area contributed by atoms with Crippen LogP contribution in [0.5, 0.6) is 0 Å². The fourth-order valence-corrected chi connectivity index (χ4v) is 2.60. The Hall–Kier alpha value is -2.29. The second-order valence-corrected chi connectivity index (χ2v) is 5.41. The van der Waals surface area contributed by atoms with Gasteiger partial charge in [-0.25, -0.2) is 21.6 Å². The number of pyridine rings is 1. The highest BCUT2D eigenvalue weighted by molar-refractivity contribution is 7.92. The van der Waals surface area contributed by atoms with E-state index in [1.165, 1.54) is 12.3 Å². The lowest BCUT2D eigenvalue weighted by molar-refractivity contribution is 0.547. The van der Waals surface area contributed by atoms with Crippen molar-refractivity contribution in [2.45, 2.75) is 4.90 Å². The van der Waals surface area contributed by atoms with Crippen LogP contribution in [-0.2, 0) is 10.0 Å². The van der Waals surface area contributed by atoms with E-state index in [0.717, 1.165) is 6.20 Å². The van der Waals surface area contributed by atoms with Gasteiger partial charge in [0.05, 0.1) is 5.69 Å². The first-order valence-electron chi connectivity index (χ1n) is 5.18. The molecule has 1 heterocycles. The van der Waals surface area contributed by atoms with Gasteiger partial charge in [-0.05, 0) is 6.07 Å². The number of nitrogens with one attached hydrogen (secondary N) is 1. The van der Waals surface area contributed by atoms with Crippen LogP contribution in [0.2, 0.25) is 0 Å². The second kappa shape index (κ2) is 5.00. The molecular formula is C11H8F3N3O2S. The van der Waals surface area contributed by atoms with E-state index in [4.69, 9.17) is 5.73 Å². The molecule has 106 valence electrons. The van der Waals surface area contributed by atoms with Gasteiger partial charge >= 0.3 is 0 Å². The van der Waals surface area contributed by atoms with Crippen molar-refractivity contribution in [2.75, 3.05) is 10.5 Å². The van der Waals surface area contributed by atoms with Crippen LogP contribution >= 0.6 is 0 Å². The van der Waals surface area contributed by atoms with E-state index in [1.54, 1.807) is 4.72 Å². The Morgan fingerprint density at radius 1 is 1.15 bits per heavy atom. The maximum Gasteiger partial charge on any atom is 0.265 e. The van der Waals surface area contributed by atoms with Crippen LogP contribution in [0.15, 0.2) is 35.5 Å². The predicted molar refractivity (Wildman–Crippen MR) is 65.8 cm³/mol. The maximum absolute atomic E-state index is 13.4. The SMILES string of the molecule is Nc1ccncc1S(=O)(=O)Nc1c(F)cc(F)cc1F. The summed E-state index contributed by atoms with van der Waals surface area (Å²) in [6, 6.07) is 1.92. The molecule has 0 unspecified atom stereocenters. The topological polar surface area (TPSA) is 85.1 Å². The monoisotopic (exact) mass is 303 g/mol. The average molecular weight is 303 g/mol. The Kier molecular flexibility index (Phi) is 3.53. The van der Waals surface area contributed by atoms with Gasteiger partial charge in [0.15, 0.2) is 11.6 Å². The first-order chi connectivity index (χ1) is 9.31. The number of sulfonamides is 1. The van der Waals surface area contributed by atoms with Crippen molar-refractivity contribution in [3.05, 3.63) is 48.0 Å². The third kappa shape index (κ3) is 2.67. The minimum Gasteiger partial charge on any atom is -0.398 e. The zero-order chi connectivity index (χ0) is 14.9. The van der Waals surface area contributed by atoms with Crippen LogP contribution in [0, 0.1) is 17.5 Å². The van der Waals surface area contributed by atoms with Crippen LogP contribution < -0.4 is 10.5 Å². The van der Waals surface area contributed by atoms with Gasteiger partial charge in [-0.2, -0.15) is 0 Å². The summed E-state index contributed by atoms with van der Waals surface area (Å²) in [6.07, 6.45) is 2.18. The normalized spacial score (nSPS) is 11.3. The fourth-order valence-electron chi connectivity index (χ4n) is 1.44. The van der Waals surface area contributed by atoms with Crippen LogP contribution in [0.1, 0.15) is 0 Å². The van der Waals surface area contributed by atoms with Crippen molar-refractivity contribution < 1.29 is 21.6 Å². The van der Waals surface area contributed by atoms with Gasteiger partial charge in [0.2, 0.25) is 0 Å². The zero-order valence-electron chi connectivity index (χ0n) is 9.77. The summed E-state index contributed by atoms with van der Waals surface area (Å²) < 4.78 is 65.1. The number of nitrogen functional groups attached to an aromatic ring is 1. The molecule has 0 aliphatic carbocycles. The first kappa shape index (κ1) is 14.1. The van der Waals surface area contributed by atoms with Crippen molar-refractivity contribution in [3.8, 4) is 0 Å². The quantitative estimate of drug-likeness (QED) is 0.906. The van der Waals surface area contributed by atoms with Gasteiger partial charge < -0.3 is 5.73 Å². The maximum atomic E-state index is 13.4. The number of nitrogens with two attached hydrogens (primary N) is 1. The van der Waals surface area contributed by atoms with Gasteiger partial charge in [0.1, 0.15) is 16.4 Å². The summed E-state index contributed by atoms with van der Waals surface area (Å²) in [5, 5.41) is 0. The lowest BCUT2D eigenvalue weighted by Crippen LogP contribution is -2.17. The number of halogens is 3. The van der Waals surface area contributed by atoms with E-state index in [9.17, 15) is 21.6 Å². The van der Waals surface area contributed by atoms with Crippen LogP contribution in [0.3, 0.4) is 0 Å². The summed E-state index contributed by atoms with van der Waals surface area (Å²) in [6.45, 7) is 0. The third-order valence-electron chi connectivity index (χ3n) is 2.35. The molecule has 2 rings (SSSR count). The minimum absolute atomic E-state index is 0.143.